The average Bonchev–Trinajstić information content (AvgIpc) is 2.38. The van der Waals surface area contributed by atoms with Crippen LogP contribution in [0.25, 0.3) is 0 Å². The fraction of sp³-hybridized carbons (Fsp3) is 0.929. The van der Waals surface area contributed by atoms with Gasteiger partial charge in [0.15, 0.2) is 0 Å². The fourth-order valence-electron chi connectivity index (χ4n) is 1.54. The van der Waals surface area contributed by atoms with E-state index in [1.807, 2.05) is 21.0 Å². The molecule has 0 bridgehead atoms. The van der Waals surface area contributed by atoms with Gasteiger partial charge in [-0.2, -0.15) is 0 Å². The van der Waals surface area contributed by atoms with E-state index in [0.29, 0.717) is 63.9 Å². The summed E-state index contributed by atoms with van der Waals surface area (Å²) in [6.07, 6.45) is 0. The molecule has 0 heterocycles. The molecule has 21 heavy (non-hydrogen) atoms. The van der Waals surface area contributed by atoms with Crippen molar-refractivity contribution >= 4 is 5.97 Å². The first kappa shape index (κ1) is 20.3. The zero-order valence-corrected chi connectivity index (χ0v) is 13.5. The largest absolute Gasteiger partial charge is 0.544 e. The predicted octanol–water partition coefficient (Wildman–Crippen LogP) is -1.10. The van der Waals surface area contributed by atoms with Gasteiger partial charge in [-0.3, -0.25) is 0 Å². The summed E-state index contributed by atoms with van der Waals surface area (Å²) in [5, 5.41) is 10.5. The van der Waals surface area contributed by atoms with Crippen LogP contribution in [0, 0.1) is 0 Å². The van der Waals surface area contributed by atoms with E-state index in [2.05, 4.69) is 0 Å². The first-order chi connectivity index (χ1) is 9.98. The van der Waals surface area contributed by atoms with Gasteiger partial charge in [-0.1, -0.05) is 0 Å². The lowest BCUT2D eigenvalue weighted by Gasteiger charge is -2.29. The minimum atomic E-state index is -1.05. The minimum Gasteiger partial charge on any atom is -0.544 e. The topological polar surface area (TPSA) is 77.0 Å². The van der Waals surface area contributed by atoms with Crippen molar-refractivity contribution in [2.24, 2.45) is 0 Å². The van der Waals surface area contributed by atoms with Gasteiger partial charge in [-0.05, 0) is 6.92 Å². The molecule has 0 aliphatic heterocycles. The molecule has 0 aromatic carbocycles. The third-order valence-electron chi connectivity index (χ3n) is 2.72. The second kappa shape index (κ2) is 13.0. The van der Waals surface area contributed by atoms with E-state index < -0.39 is 5.97 Å². The summed E-state index contributed by atoms with van der Waals surface area (Å²) < 4.78 is 21.5. The Morgan fingerprint density at radius 3 is 1.71 bits per heavy atom. The van der Waals surface area contributed by atoms with Gasteiger partial charge in [0.2, 0.25) is 0 Å². The molecule has 0 unspecified atom stereocenters. The van der Waals surface area contributed by atoms with Gasteiger partial charge < -0.3 is 33.3 Å². The van der Waals surface area contributed by atoms with E-state index >= 15 is 0 Å². The van der Waals surface area contributed by atoms with Crippen molar-refractivity contribution in [2.75, 3.05) is 80.0 Å². The average molecular weight is 307 g/mol. The van der Waals surface area contributed by atoms with Gasteiger partial charge in [0.1, 0.15) is 13.1 Å². The number of nitrogens with zero attached hydrogens (tertiary/aromatic N) is 1. The Hall–Kier alpha value is -0.730. The summed E-state index contributed by atoms with van der Waals surface area (Å²) >= 11 is 0. The molecule has 0 N–H and O–H groups in total. The van der Waals surface area contributed by atoms with Crippen LogP contribution in [0.4, 0.5) is 0 Å². The van der Waals surface area contributed by atoms with E-state index in [0.717, 1.165) is 0 Å². The van der Waals surface area contributed by atoms with Gasteiger partial charge in [0.25, 0.3) is 0 Å². The van der Waals surface area contributed by atoms with E-state index in [9.17, 15) is 9.90 Å². The summed E-state index contributed by atoms with van der Waals surface area (Å²) in [5.41, 5.74) is 0. The van der Waals surface area contributed by atoms with Crippen molar-refractivity contribution in [3.8, 4) is 0 Å². The van der Waals surface area contributed by atoms with Crippen LogP contribution >= 0.6 is 0 Å². The van der Waals surface area contributed by atoms with Crippen molar-refractivity contribution in [2.45, 2.75) is 6.92 Å². The molecule has 0 spiro atoms. The number of ether oxygens (including phenoxy) is 4. The number of carbonyl (C=O) groups is 1. The molecule has 7 heteroatoms. The van der Waals surface area contributed by atoms with Gasteiger partial charge in [0, 0.05) is 6.61 Å². The third-order valence-corrected chi connectivity index (χ3v) is 2.72. The van der Waals surface area contributed by atoms with Crippen molar-refractivity contribution in [1.82, 2.24) is 0 Å². The number of hydrogen-bond acceptors (Lipinski definition) is 6. The first-order valence-corrected chi connectivity index (χ1v) is 7.31. The number of quaternary nitrogens is 1. The lowest BCUT2D eigenvalue weighted by Crippen LogP contribution is -2.49. The fourth-order valence-corrected chi connectivity index (χ4v) is 1.54. The standard InChI is InChI=1S/C14H29NO6/c1-4-18-7-8-20-11-12-21-10-9-19-6-5-15(2,3)13-14(16)17/h4-13H2,1-3H3. The van der Waals surface area contributed by atoms with Gasteiger partial charge >= 0.3 is 0 Å². The van der Waals surface area contributed by atoms with Gasteiger partial charge in [-0.15, -0.1) is 0 Å². The monoisotopic (exact) mass is 307 g/mol. The number of rotatable bonds is 15. The number of carbonyl (C=O) groups excluding carboxylic acids is 1. The minimum absolute atomic E-state index is 0.0149. The number of aliphatic carboxylic acids is 1. The summed E-state index contributed by atoms with van der Waals surface area (Å²) in [6.45, 7) is 7.01. The number of likely N-dealkylation sites (N-methyl/N-ethyl adjacent to an activating group) is 1. The molecule has 0 aliphatic carbocycles. The lowest BCUT2D eigenvalue weighted by molar-refractivity contribution is -0.885. The Morgan fingerprint density at radius 2 is 1.29 bits per heavy atom. The molecule has 0 saturated carbocycles. The van der Waals surface area contributed by atoms with Crippen molar-refractivity contribution in [3.63, 3.8) is 0 Å². The zero-order valence-electron chi connectivity index (χ0n) is 13.5. The molecule has 0 aromatic rings. The van der Waals surface area contributed by atoms with Crippen molar-refractivity contribution in [1.29, 1.82) is 0 Å². The highest BCUT2D eigenvalue weighted by atomic mass is 16.6. The first-order valence-electron chi connectivity index (χ1n) is 7.31. The lowest BCUT2D eigenvalue weighted by atomic mass is 10.4. The predicted molar refractivity (Wildman–Crippen MR) is 75.8 cm³/mol. The maximum atomic E-state index is 10.5. The molecule has 126 valence electrons. The highest BCUT2D eigenvalue weighted by molar-refractivity contribution is 5.65. The number of carboxylic acid groups (broad SMARTS) is 1. The summed E-state index contributed by atoms with van der Waals surface area (Å²) in [4.78, 5) is 10.5. The maximum Gasteiger partial charge on any atom is 0.119 e. The van der Waals surface area contributed by atoms with Gasteiger partial charge in [-0.25, -0.2) is 0 Å². The van der Waals surface area contributed by atoms with Gasteiger partial charge in [0.05, 0.1) is 66.3 Å². The van der Waals surface area contributed by atoms with Crippen LogP contribution in [0.15, 0.2) is 0 Å². The van der Waals surface area contributed by atoms with Crippen LogP contribution in [0.5, 0.6) is 0 Å². The molecule has 7 nitrogen and oxygen atoms in total. The van der Waals surface area contributed by atoms with Crippen molar-refractivity contribution < 1.29 is 33.3 Å². The van der Waals surface area contributed by atoms with E-state index in [1.165, 1.54) is 0 Å². The molecule has 0 aliphatic rings. The van der Waals surface area contributed by atoms with Crippen LogP contribution in [0.3, 0.4) is 0 Å². The molecule has 0 atom stereocenters. The highest BCUT2D eigenvalue weighted by Gasteiger charge is 2.14. The molecule has 0 fully saturated rings. The zero-order chi connectivity index (χ0) is 16.0. The highest BCUT2D eigenvalue weighted by Crippen LogP contribution is 1.95. The summed E-state index contributed by atoms with van der Waals surface area (Å²) in [7, 11) is 3.66. The SMILES string of the molecule is CCOCCOCCOCCOCC[N+](C)(C)CC(=O)[O-]. The maximum absolute atomic E-state index is 10.5. The quantitative estimate of drug-likeness (QED) is 0.282. The van der Waals surface area contributed by atoms with Crippen molar-refractivity contribution in [3.05, 3.63) is 0 Å². The van der Waals surface area contributed by atoms with E-state index in [1.54, 1.807) is 0 Å². The Bertz CT molecular complexity index is 260. The molecule has 0 radical (unpaired) electrons. The van der Waals surface area contributed by atoms with Crippen LogP contribution in [0.2, 0.25) is 0 Å². The summed E-state index contributed by atoms with van der Waals surface area (Å²) in [6, 6.07) is 0. The van der Waals surface area contributed by atoms with Crippen LogP contribution in [-0.4, -0.2) is 90.5 Å². The Balaban J connectivity index is 3.24. The number of carboxylic acids is 1. The number of hydrogen-bond donors (Lipinski definition) is 0. The van der Waals surface area contributed by atoms with Crippen LogP contribution in [-0.2, 0) is 23.7 Å². The normalized spacial score (nSPS) is 11.8. The molecule has 0 saturated heterocycles. The van der Waals surface area contributed by atoms with E-state index in [4.69, 9.17) is 18.9 Å². The van der Waals surface area contributed by atoms with Crippen LogP contribution in [0.1, 0.15) is 6.92 Å². The molecular weight excluding hydrogens is 278 g/mol. The van der Waals surface area contributed by atoms with E-state index in [-0.39, 0.29) is 6.54 Å². The second-order valence-electron chi connectivity index (χ2n) is 5.22. The third kappa shape index (κ3) is 15.5. The Morgan fingerprint density at radius 1 is 0.857 bits per heavy atom. The molecule has 0 aromatic heterocycles. The summed E-state index contributed by atoms with van der Waals surface area (Å²) in [5.74, 6) is -1.05. The Labute approximate surface area is 127 Å². The molecule has 0 amide bonds. The Kier molecular flexibility index (Phi) is 12.5. The smallest absolute Gasteiger partial charge is 0.119 e. The second-order valence-corrected chi connectivity index (χ2v) is 5.22. The van der Waals surface area contributed by atoms with Crippen LogP contribution < -0.4 is 5.11 Å². The molecular formula is C14H29NO6. The molecule has 0 rings (SSSR count).